The van der Waals surface area contributed by atoms with Crippen LogP contribution in [0.3, 0.4) is 0 Å². The van der Waals surface area contributed by atoms with Gasteiger partial charge in [-0.05, 0) is 40.7 Å². The van der Waals surface area contributed by atoms with Gasteiger partial charge in [0, 0.05) is 43.5 Å². The molecule has 1 heterocycles. The number of non-ortho nitro benzene ring substituents is 1. The number of nitro groups is 1. The molecule has 0 unspecified atom stereocenters. The van der Waals surface area contributed by atoms with Crippen LogP contribution in [0.4, 0.5) is 16.2 Å². The van der Waals surface area contributed by atoms with Crippen molar-refractivity contribution in [2.45, 2.75) is 59.0 Å². The fraction of sp³-hybridized carbons (Fsp3) is 0.632. The van der Waals surface area contributed by atoms with Crippen LogP contribution >= 0.6 is 0 Å². The summed E-state index contributed by atoms with van der Waals surface area (Å²) < 4.78 is 11.2. The third-order valence-electron chi connectivity index (χ3n) is 4.15. The highest BCUT2D eigenvalue weighted by Crippen LogP contribution is 2.29. The summed E-state index contributed by atoms with van der Waals surface area (Å²) in [5, 5.41) is 11.2. The van der Waals surface area contributed by atoms with E-state index < -0.39 is 16.6 Å². The van der Waals surface area contributed by atoms with Crippen molar-refractivity contribution < 1.29 is 19.2 Å². The van der Waals surface area contributed by atoms with E-state index in [4.69, 9.17) is 9.47 Å². The number of benzene rings is 1. The van der Waals surface area contributed by atoms with E-state index in [1.807, 2.05) is 13.8 Å². The SMILES string of the molecule is C[C@@H]1CN(c2ccc([N+](=O)[O-])cc2CN(C)C(=O)OC(C)(C)C)C[C@H](C)O1. The van der Waals surface area contributed by atoms with Crippen LogP contribution in [0.15, 0.2) is 18.2 Å². The average molecular weight is 379 g/mol. The molecule has 0 spiro atoms. The lowest BCUT2D eigenvalue weighted by Crippen LogP contribution is -2.46. The molecule has 1 amide bonds. The Bertz CT molecular complexity index is 691. The summed E-state index contributed by atoms with van der Waals surface area (Å²) in [6, 6.07) is 4.78. The number of hydrogen-bond acceptors (Lipinski definition) is 6. The lowest BCUT2D eigenvalue weighted by atomic mass is 10.1. The summed E-state index contributed by atoms with van der Waals surface area (Å²) in [6.45, 7) is 11.0. The highest BCUT2D eigenvalue weighted by molar-refractivity contribution is 5.69. The number of rotatable bonds is 4. The number of hydrogen-bond donors (Lipinski definition) is 0. The minimum absolute atomic E-state index is 0.000644. The van der Waals surface area contributed by atoms with E-state index in [-0.39, 0.29) is 24.4 Å². The van der Waals surface area contributed by atoms with Gasteiger partial charge in [0.1, 0.15) is 5.60 Å². The van der Waals surface area contributed by atoms with E-state index in [0.717, 1.165) is 5.69 Å². The lowest BCUT2D eigenvalue weighted by Gasteiger charge is -2.38. The summed E-state index contributed by atoms with van der Waals surface area (Å²) in [5.74, 6) is 0. The molecule has 27 heavy (non-hydrogen) atoms. The highest BCUT2D eigenvalue weighted by atomic mass is 16.6. The monoisotopic (exact) mass is 379 g/mol. The molecule has 0 saturated carbocycles. The molecule has 1 saturated heterocycles. The molecule has 2 atom stereocenters. The predicted octanol–water partition coefficient (Wildman–Crippen LogP) is 3.58. The van der Waals surface area contributed by atoms with Crippen molar-refractivity contribution in [3.8, 4) is 0 Å². The number of carbonyl (C=O) groups is 1. The quantitative estimate of drug-likeness (QED) is 0.587. The molecule has 150 valence electrons. The molecule has 0 aliphatic carbocycles. The summed E-state index contributed by atoms with van der Waals surface area (Å²) in [6.07, 6.45) is -0.357. The summed E-state index contributed by atoms with van der Waals surface area (Å²) in [5.41, 5.74) is 0.976. The van der Waals surface area contributed by atoms with Crippen molar-refractivity contribution in [1.29, 1.82) is 0 Å². The molecule has 8 nitrogen and oxygen atoms in total. The van der Waals surface area contributed by atoms with Crippen LogP contribution in [0.1, 0.15) is 40.2 Å². The van der Waals surface area contributed by atoms with Crippen LogP contribution in [0, 0.1) is 10.1 Å². The Morgan fingerprint density at radius 2 is 1.93 bits per heavy atom. The predicted molar refractivity (Wildman–Crippen MR) is 103 cm³/mol. The molecule has 0 N–H and O–H groups in total. The molecule has 1 aromatic carbocycles. The number of anilines is 1. The summed E-state index contributed by atoms with van der Waals surface area (Å²) >= 11 is 0. The second-order valence-corrected chi connectivity index (χ2v) is 8.07. The normalized spacial score (nSPS) is 20.3. The van der Waals surface area contributed by atoms with E-state index >= 15 is 0 Å². The van der Waals surface area contributed by atoms with Gasteiger partial charge in [-0.15, -0.1) is 0 Å². The molecule has 8 heteroatoms. The Labute approximate surface area is 160 Å². The molecule has 1 fully saturated rings. The van der Waals surface area contributed by atoms with Crippen molar-refractivity contribution in [2.75, 3.05) is 25.0 Å². The van der Waals surface area contributed by atoms with Gasteiger partial charge in [-0.2, -0.15) is 0 Å². The van der Waals surface area contributed by atoms with Crippen molar-refractivity contribution in [3.05, 3.63) is 33.9 Å². The van der Waals surface area contributed by atoms with Gasteiger partial charge in [0.05, 0.1) is 23.7 Å². The van der Waals surface area contributed by atoms with Crippen LogP contribution in [0.5, 0.6) is 0 Å². The van der Waals surface area contributed by atoms with Gasteiger partial charge in [0.2, 0.25) is 0 Å². The van der Waals surface area contributed by atoms with Gasteiger partial charge in [-0.1, -0.05) is 0 Å². The number of morpholine rings is 1. The van der Waals surface area contributed by atoms with E-state index in [2.05, 4.69) is 4.90 Å². The smallest absolute Gasteiger partial charge is 0.410 e. The van der Waals surface area contributed by atoms with Crippen LogP contribution in [-0.4, -0.2) is 53.9 Å². The first-order valence-electron chi connectivity index (χ1n) is 9.08. The lowest BCUT2D eigenvalue weighted by molar-refractivity contribution is -0.384. The van der Waals surface area contributed by atoms with Gasteiger partial charge < -0.3 is 19.3 Å². The molecule has 0 bridgehead atoms. The fourth-order valence-electron chi connectivity index (χ4n) is 3.16. The topological polar surface area (TPSA) is 85.2 Å². The van der Waals surface area contributed by atoms with E-state index in [1.165, 1.54) is 17.0 Å². The second kappa shape index (κ2) is 8.12. The third-order valence-corrected chi connectivity index (χ3v) is 4.15. The maximum Gasteiger partial charge on any atom is 0.410 e. The Hall–Kier alpha value is -2.35. The van der Waals surface area contributed by atoms with E-state index in [0.29, 0.717) is 18.7 Å². The van der Waals surface area contributed by atoms with Gasteiger partial charge in [-0.25, -0.2) is 4.79 Å². The van der Waals surface area contributed by atoms with Crippen molar-refractivity contribution in [3.63, 3.8) is 0 Å². The number of carbonyl (C=O) groups excluding carboxylic acids is 1. The number of ether oxygens (including phenoxy) is 2. The molecular formula is C19H29N3O5. The van der Waals surface area contributed by atoms with E-state index in [1.54, 1.807) is 33.9 Å². The minimum Gasteiger partial charge on any atom is -0.444 e. The summed E-state index contributed by atoms with van der Waals surface area (Å²) in [7, 11) is 1.63. The Kier molecular flexibility index (Phi) is 6.30. The Morgan fingerprint density at radius 1 is 1.33 bits per heavy atom. The van der Waals surface area contributed by atoms with Gasteiger partial charge in [-0.3, -0.25) is 10.1 Å². The first-order chi connectivity index (χ1) is 12.5. The zero-order chi connectivity index (χ0) is 20.4. The maximum absolute atomic E-state index is 12.3. The van der Waals surface area contributed by atoms with Crippen LogP contribution in [-0.2, 0) is 16.0 Å². The summed E-state index contributed by atoms with van der Waals surface area (Å²) in [4.78, 5) is 26.7. The molecule has 1 aliphatic heterocycles. The second-order valence-electron chi connectivity index (χ2n) is 8.07. The third kappa shape index (κ3) is 5.82. The highest BCUT2D eigenvalue weighted by Gasteiger charge is 2.26. The van der Waals surface area contributed by atoms with Crippen molar-refractivity contribution >= 4 is 17.5 Å². The van der Waals surface area contributed by atoms with Crippen LogP contribution in [0.25, 0.3) is 0 Å². The Morgan fingerprint density at radius 3 is 2.44 bits per heavy atom. The molecule has 0 aromatic heterocycles. The standard InChI is InChI=1S/C19H29N3O5/c1-13-10-21(11-14(2)26-13)17-8-7-16(22(24)25)9-15(17)12-20(6)18(23)27-19(3,4)5/h7-9,13-14H,10-12H2,1-6H3/t13-,14+. The van der Waals surface area contributed by atoms with E-state index in [9.17, 15) is 14.9 Å². The van der Waals surface area contributed by atoms with Crippen LogP contribution in [0.2, 0.25) is 0 Å². The average Bonchev–Trinajstić information content (AvgIpc) is 2.52. The molecule has 1 aliphatic rings. The number of nitro benzene ring substituents is 1. The van der Waals surface area contributed by atoms with Crippen molar-refractivity contribution in [1.82, 2.24) is 4.90 Å². The fourth-order valence-corrected chi connectivity index (χ4v) is 3.16. The molecule has 1 aromatic rings. The number of nitrogens with zero attached hydrogens (tertiary/aromatic N) is 3. The largest absolute Gasteiger partial charge is 0.444 e. The van der Waals surface area contributed by atoms with Gasteiger partial charge in [0.15, 0.2) is 0 Å². The minimum atomic E-state index is -0.605. The molecular weight excluding hydrogens is 350 g/mol. The first kappa shape index (κ1) is 21.0. The number of amides is 1. The Balaban J connectivity index is 2.30. The van der Waals surface area contributed by atoms with Gasteiger partial charge in [0.25, 0.3) is 5.69 Å². The molecule has 0 radical (unpaired) electrons. The van der Waals surface area contributed by atoms with Crippen LogP contribution < -0.4 is 4.90 Å². The zero-order valence-corrected chi connectivity index (χ0v) is 16.9. The first-order valence-corrected chi connectivity index (χ1v) is 9.08. The van der Waals surface area contributed by atoms with Gasteiger partial charge >= 0.3 is 6.09 Å². The maximum atomic E-state index is 12.3. The zero-order valence-electron chi connectivity index (χ0n) is 16.9. The van der Waals surface area contributed by atoms with Crippen molar-refractivity contribution in [2.24, 2.45) is 0 Å². The molecule has 2 rings (SSSR count).